The van der Waals surface area contributed by atoms with Gasteiger partial charge in [-0.2, -0.15) is 0 Å². The molecular weight excluding hydrogens is 194 g/mol. The SMILES string of the molecule is CCC1(CNC2CCS(=O)CC2)CC1. The lowest BCUT2D eigenvalue weighted by Crippen LogP contribution is -2.38. The van der Waals surface area contributed by atoms with Crippen LogP contribution >= 0.6 is 0 Å². The van der Waals surface area contributed by atoms with E-state index in [0.29, 0.717) is 11.5 Å². The van der Waals surface area contributed by atoms with E-state index in [1.807, 2.05) is 0 Å². The molecule has 2 fully saturated rings. The summed E-state index contributed by atoms with van der Waals surface area (Å²) in [4.78, 5) is 0. The van der Waals surface area contributed by atoms with Crippen LogP contribution < -0.4 is 5.32 Å². The normalized spacial score (nSPS) is 35.5. The molecule has 3 heteroatoms. The van der Waals surface area contributed by atoms with Gasteiger partial charge >= 0.3 is 0 Å². The number of rotatable bonds is 4. The van der Waals surface area contributed by atoms with E-state index in [9.17, 15) is 4.21 Å². The average Bonchev–Trinajstić information content (AvgIpc) is 2.98. The molecule has 0 aromatic carbocycles. The Bertz CT molecular complexity index is 215. The first-order valence-electron chi connectivity index (χ1n) is 5.82. The van der Waals surface area contributed by atoms with E-state index in [1.54, 1.807) is 0 Å². The number of hydrogen-bond acceptors (Lipinski definition) is 2. The predicted octanol–water partition coefficient (Wildman–Crippen LogP) is 1.68. The molecule has 1 heterocycles. The molecule has 14 heavy (non-hydrogen) atoms. The summed E-state index contributed by atoms with van der Waals surface area (Å²) in [5.74, 6) is 1.83. The van der Waals surface area contributed by atoms with Gasteiger partial charge in [0.1, 0.15) is 0 Å². The van der Waals surface area contributed by atoms with Crippen LogP contribution in [-0.4, -0.2) is 28.3 Å². The molecule has 0 spiro atoms. The van der Waals surface area contributed by atoms with Crippen LogP contribution in [0.1, 0.15) is 39.0 Å². The molecule has 2 rings (SSSR count). The van der Waals surface area contributed by atoms with E-state index in [4.69, 9.17) is 0 Å². The Balaban J connectivity index is 1.68. The first kappa shape index (κ1) is 10.6. The zero-order chi connectivity index (χ0) is 10.0. The van der Waals surface area contributed by atoms with Crippen molar-refractivity contribution in [3.05, 3.63) is 0 Å². The van der Waals surface area contributed by atoms with Crippen LogP contribution in [0.2, 0.25) is 0 Å². The van der Waals surface area contributed by atoms with Crippen LogP contribution in [0.15, 0.2) is 0 Å². The van der Waals surface area contributed by atoms with Gasteiger partial charge in [-0.3, -0.25) is 4.21 Å². The lowest BCUT2D eigenvalue weighted by atomic mass is 10.0. The van der Waals surface area contributed by atoms with Gasteiger partial charge in [0.15, 0.2) is 0 Å². The van der Waals surface area contributed by atoms with E-state index in [1.165, 1.54) is 25.8 Å². The van der Waals surface area contributed by atoms with Gasteiger partial charge in [0.05, 0.1) is 0 Å². The summed E-state index contributed by atoms with van der Waals surface area (Å²) in [5.41, 5.74) is 0.649. The monoisotopic (exact) mass is 215 g/mol. The molecular formula is C11H21NOS. The molecule has 1 aliphatic heterocycles. The summed E-state index contributed by atoms with van der Waals surface area (Å²) in [5, 5.41) is 3.66. The van der Waals surface area contributed by atoms with Crippen molar-refractivity contribution in [3.8, 4) is 0 Å². The van der Waals surface area contributed by atoms with Crippen LogP contribution in [0.25, 0.3) is 0 Å². The summed E-state index contributed by atoms with van der Waals surface area (Å²) in [6.45, 7) is 3.49. The van der Waals surface area contributed by atoms with Gasteiger partial charge in [-0.25, -0.2) is 0 Å². The van der Waals surface area contributed by atoms with E-state index < -0.39 is 10.8 Å². The zero-order valence-corrected chi connectivity index (χ0v) is 9.87. The van der Waals surface area contributed by atoms with E-state index in [-0.39, 0.29) is 0 Å². The Morgan fingerprint density at radius 1 is 1.36 bits per heavy atom. The fourth-order valence-corrected chi connectivity index (χ4v) is 3.49. The van der Waals surface area contributed by atoms with E-state index >= 15 is 0 Å². The predicted molar refractivity (Wildman–Crippen MR) is 60.9 cm³/mol. The van der Waals surface area contributed by atoms with Gasteiger partial charge in [0.25, 0.3) is 0 Å². The van der Waals surface area contributed by atoms with Gasteiger partial charge in [-0.1, -0.05) is 6.92 Å². The highest BCUT2D eigenvalue weighted by Crippen LogP contribution is 2.47. The molecule has 1 saturated heterocycles. The first-order chi connectivity index (χ1) is 6.74. The lowest BCUT2D eigenvalue weighted by molar-refractivity contribution is 0.385. The molecule has 82 valence electrons. The third-order valence-corrected chi connectivity index (χ3v) is 5.24. The highest BCUT2D eigenvalue weighted by molar-refractivity contribution is 7.85. The second kappa shape index (κ2) is 4.31. The second-order valence-corrected chi connectivity index (χ2v) is 6.55. The molecule has 1 saturated carbocycles. The summed E-state index contributed by atoms with van der Waals surface area (Å²) >= 11 is 0. The van der Waals surface area contributed by atoms with E-state index in [0.717, 1.165) is 24.3 Å². The maximum Gasteiger partial charge on any atom is 0.0249 e. The van der Waals surface area contributed by atoms with Crippen molar-refractivity contribution in [2.75, 3.05) is 18.1 Å². The topological polar surface area (TPSA) is 29.1 Å². The molecule has 0 aromatic heterocycles. The van der Waals surface area contributed by atoms with Gasteiger partial charge in [-0.15, -0.1) is 0 Å². The highest BCUT2D eigenvalue weighted by Gasteiger charge is 2.40. The van der Waals surface area contributed by atoms with Gasteiger partial charge in [-0.05, 0) is 37.5 Å². The van der Waals surface area contributed by atoms with Crippen molar-refractivity contribution in [3.63, 3.8) is 0 Å². The quantitative estimate of drug-likeness (QED) is 0.773. The molecule has 2 nitrogen and oxygen atoms in total. The van der Waals surface area contributed by atoms with E-state index in [2.05, 4.69) is 12.2 Å². The molecule has 2 aliphatic rings. The highest BCUT2D eigenvalue weighted by atomic mass is 32.2. The Hall–Kier alpha value is 0.110. The van der Waals surface area contributed by atoms with Gasteiger partial charge < -0.3 is 5.32 Å². The standard InChI is InChI=1S/C11H21NOS/c1-2-11(5-6-11)9-12-10-3-7-14(13)8-4-10/h10,12H,2-9H2,1H3. The third-order valence-electron chi connectivity index (χ3n) is 3.86. The van der Waals surface area contributed by atoms with Crippen molar-refractivity contribution in [2.24, 2.45) is 5.41 Å². The smallest absolute Gasteiger partial charge is 0.0249 e. The van der Waals surface area contributed by atoms with Crippen molar-refractivity contribution in [2.45, 2.75) is 45.1 Å². The molecule has 0 bridgehead atoms. The fourth-order valence-electron chi connectivity index (χ4n) is 2.19. The van der Waals surface area contributed by atoms with Crippen molar-refractivity contribution in [1.29, 1.82) is 0 Å². The minimum atomic E-state index is -0.512. The molecule has 1 aliphatic carbocycles. The van der Waals surface area contributed by atoms with Crippen molar-refractivity contribution in [1.82, 2.24) is 5.32 Å². The van der Waals surface area contributed by atoms with Crippen LogP contribution in [0.5, 0.6) is 0 Å². The number of hydrogen-bond donors (Lipinski definition) is 1. The maximum atomic E-state index is 11.2. The molecule has 0 amide bonds. The van der Waals surface area contributed by atoms with Crippen molar-refractivity contribution >= 4 is 10.8 Å². The second-order valence-electron chi connectivity index (χ2n) is 4.86. The van der Waals surface area contributed by atoms with Crippen molar-refractivity contribution < 1.29 is 4.21 Å². The minimum absolute atomic E-state index is 0.512. The lowest BCUT2D eigenvalue weighted by Gasteiger charge is -2.25. The van der Waals surface area contributed by atoms with Crippen LogP contribution in [0.3, 0.4) is 0 Å². The maximum absolute atomic E-state index is 11.2. The molecule has 0 radical (unpaired) electrons. The van der Waals surface area contributed by atoms with Crippen LogP contribution in [0.4, 0.5) is 0 Å². The Morgan fingerprint density at radius 2 is 2.00 bits per heavy atom. The largest absolute Gasteiger partial charge is 0.313 e. The summed E-state index contributed by atoms with van der Waals surface area (Å²) in [7, 11) is -0.512. The van der Waals surface area contributed by atoms with Crippen LogP contribution in [0, 0.1) is 5.41 Å². The Morgan fingerprint density at radius 3 is 2.50 bits per heavy atom. The zero-order valence-electron chi connectivity index (χ0n) is 9.05. The fraction of sp³-hybridized carbons (Fsp3) is 1.00. The Kier molecular flexibility index (Phi) is 3.27. The van der Waals surface area contributed by atoms with Gasteiger partial charge in [0.2, 0.25) is 0 Å². The molecule has 1 N–H and O–H groups in total. The third kappa shape index (κ3) is 2.57. The van der Waals surface area contributed by atoms with Crippen LogP contribution in [-0.2, 0) is 10.8 Å². The summed E-state index contributed by atoms with van der Waals surface area (Å²) in [6, 6.07) is 0.650. The molecule has 0 aromatic rings. The minimum Gasteiger partial charge on any atom is -0.313 e. The molecule has 0 unspecified atom stereocenters. The number of nitrogens with one attached hydrogen (secondary N) is 1. The average molecular weight is 215 g/mol. The van der Waals surface area contributed by atoms with Gasteiger partial charge in [0, 0.05) is 34.9 Å². The summed E-state index contributed by atoms with van der Waals surface area (Å²) < 4.78 is 11.2. The first-order valence-corrected chi connectivity index (χ1v) is 7.31. The Labute approximate surface area is 89.3 Å². The molecule has 0 atom stereocenters. The summed E-state index contributed by atoms with van der Waals surface area (Å²) in [6.07, 6.45) is 6.38.